The van der Waals surface area contributed by atoms with Gasteiger partial charge in [0, 0.05) is 11.5 Å². The first-order chi connectivity index (χ1) is 10.2. The monoisotopic (exact) mass is 300 g/mol. The first-order valence-electron chi connectivity index (χ1n) is 6.78. The number of hydrogen-bond donors (Lipinski definition) is 1. The molecule has 108 valence electrons. The molecular weight excluding hydrogens is 284 g/mol. The van der Waals surface area contributed by atoms with Crippen LogP contribution >= 0.6 is 11.3 Å². The van der Waals surface area contributed by atoms with Crippen LogP contribution in [0.1, 0.15) is 16.0 Å². The summed E-state index contributed by atoms with van der Waals surface area (Å²) in [7, 11) is 0. The van der Waals surface area contributed by atoms with Gasteiger partial charge in [-0.25, -0.2) is 9.97 Å². The average Bonchev–Trinajstić information content (AvgIpc) is 2.77. The molecule has 5 heteroatoms. The van der Waals surface area contributed by atoms with Crippen molar-refractivity contribution in [3.8, 4) is 11.6 Å². The van der Waals surface area contributed by atoms with Gasteiger partial charge in [-0.3, -0.25) is 0 Å². The van der Waals surface area contributed by atoms with Crippen molar-refractivity contribution in [3.63, 3.8) is 0 Å². The van der Waals surface area contributed by atoms with E-state index in [2.05, 4.69) is 23.8 Å². The molecule has 0 atom stereocenters. The maximum atomic E-state index is 9.15. The first kappa shape index (κ1) is 14.0. The van der Waals surface area contributed by atoms with E-state index in [1.165, 1.54) is 11.2 Å². The summed E-state index contributed by atoms with van der Waals surface area (Å²) in [5.41, 5.74) is 2.13. The number of rotatable bonds is 4. The number of nitrogens with zero attached hydrogens (tertiary/aromatic N) is 2. The second kappa shape index (κ2) is 5.79. The number of benzene rings is 1. The minimum Gasteiger partial charge on any atom is -0.438 e. The Hall–Kier alpha value is -1.98. The van der Waals surface area contributed by atoms with Crippen LogP contribution in [0.3, 0.4) is 0 Å². The fraction of sp³-hybridized carbons (Fsp3) is 0.250. The topological polar surface area (TPSA) is 55.2 Å². The zero-order valence-corrected chi connectivity index (χ0v) is 12.8. The van der Waals surface area contributed by atoms with Gasteiger partial charge < -0.3 is 9.84 Å². The average molecular weight is 300 g/mol. The van der Waals surface area contributed by atoms with E-state index in [-0.39, 0.29) is 6.61 Å². The Morgan fingerprint density at radius 2 is 2.00 bits per heavy atom. The van der Waals surface area contributed by atoms with Crippen LogP contribution in [0.5, 0.6) is 11.6 Å². The Morgan fingerprint density at radius 3 is 2.81 bits per heavy atom. The van der Waals surface area contributed by atoms with Crippen molar-refractivity contribution in [2.45, 2.75) is 20.3 Å². The highest BCUT2D eigenvalue weighted by atomic mass is 32.1. The maximum Gasteiger partial charge on any atom is 0.231 e. The van der Waals surface area contributed by atoms with Crippen LogP contribution in [0.2, 0.25) is 0 Å². The molecule has 2 aromatic heterocycles. The normalized spacial score (nSPS) is 11.0. The first-order valence-corrected chi connectivity index (χ1v) is 7.59. The van der Waals surface area contributed by atoms with Crippen LogP contribution in [0.4, 0.5) is 0 Å². The van der Waals surface area contributed by atoms with Gasteiger partial charge in [-0.1, -0.05) is 18.2 Å². The van der Waals surface area contributed by atoms with Gasteiger partial charge in [-0.2, -0.15) is 0 Å². The van der Waals surface area contributed by atoms with E-state index in [4.69, 9.17) is 9.84 Å². The minimum atomic E-state index is 0.0934. The van der Waals surface area contributed by atoms with Gasteiger partial charge >= 0.3 is 0 Å². The molecule has 0 amide bonds. The molecule has 4 nitrogen and oxygen atoms in total. The molecule has 21 heavy (non-hydrogen) atoms. The molecule has 0 aliphatic heterocycles. The van der Waals surface area contributed by atoms with Crippen molar-refractivity contribution in [2.24, 2.45) is 0 Å². The number of thiophene rings is 1. The van der Waals surface area contributed by atoms with Crippen LogP contribution in [0.15, 0.2) is 30.6 Å². The molecule has 0 spiro atoms. The lowest BCUT2D eigenvalue weighted by Crippen LogP contribution is -1.97. The van der Waals surface area contributed by atoms with Gasteiger partial charge in [-0.05, 0) is 37.5 Å². The summed E-state index contributed by atoms with van der Waals surface area (Å²) in [4.78, 5) is 10.8. The molecule has 2 heterocycles. The summed E-state index contributed by atoms with van der Waals surface area (Å²) in [5.74, 6) is 1.31. The predicted molar refractivity (Wildman–Crippen MR) is 84.2 cm³/mol. The van der Waals surface area contributed by atoms with Crippen molar-refractivity contribution < 1.29 is 9.84 Å². The summed E-state index contributed by atoms with van der Waals surface area (Å²) in [5, 5.41) is 10.1. The zero-order valence-electron chi connectivity index (χ0n) is 12.0. The molecule has 1 N–H and O–H groups in total. The van der Waals surface area contributed by atoms with E-state index in [0.717, 1.165) is 27.1 Å². The maximum absolute atomic E-state index is 9.15. The highest BCUT2D eigenvalue weighted by Crippen LogP contribution is 2.36. The van der Waals surface area contributed by atoms with Gasteiger partial charge in [0.1, 0.15) is 16.9 Å². The van der Waals surface area contributed by atoms with E-state index in [1.54, 1.807) is 11.3 Å². The number of ether oxygens (including phenoxy) is 1. The number of fused-ring (bicyclic) bond motifs is 1. The summed E-state index contributed by atoms with van der Waals surface area (Å²) in [6.07, 6.45) is 2.09. The molecule has 0 aliphatic rings. The van der Waals surface area contributed by atoms with E-state index < -0.39 is 0 Å². The fourth-order valence-electron chi connectivity index (χ4n) is 2.26. The highest BCUT2D eigenvalue weighted by Gasteiger charge is 2.14. The lowest BCUT2D eigenvalue weighted by Gasteiger charge is -2.10. The number of para-hydroxylation sites is 1. The van der Waals surface area contributed by atoms with Crippen LogP contribution in [0.25, 0.3) is 10.2 Å². The summed E-state index contributed by atoms with van der Waals surface area (Å²) >= 11 is 1.65. The van der Waals surface area contributed by atoms with Gasteiger partial charge in [0.2, 0.25) is 5.88 Å². The second-order valence-electron chi connectivity index (χ2n) is 4.83. The molecular formula is C16H16N2O2S. The Kier molecular flexibility index (Phi) is 3.86. The number of aliphatic hydroxyl groups excluding tert-OH is 1. The number of aryl methyl sites for hydroxylation is 2. The van der Waals surface area contributed by atoms with E-state index in [0.29, 0.717) is 12.3 Å². The Balaban J connectivity index is 2.06. The van der Waals surface area contributed by atoms with Crippen LogP contribution < -0.4 is 4.74 Å². The number of aromatic nitrogens is 2. The van der Waals surface area contributed by atoms with Crippen molar-refractivity contribution >= 4 is 21.6 Å². The van der Waals surface area contributed by atoms with Gasteiger partial charge in [0.25, 0.3) is 0 Å². The van der Waals surface area contributed by atoms with Gasteiger partial charge in [0.15, 0.2) is 0 Å². The van der Waals surface area contributed by atoms with Crippen LogP contribution in [-0.2, 0) is 6.42 Å². The smallest absolute Gasteiger partial charge is 0.231 e. The number of hydrogen-bond acceptors (Lipinski definition) is 5. The number of aliphatic hydroxyl groups is 1. The Labute approximate surface area is 127 Å². The standard InChI is InChI=1S/C16H16N2O2S/c1-10-11(2)21-16-14(10)15(17-9-18-16)20-13-6-4-3-5-12(13)7-8-19/h3-6,9,19H,7-8H2,1-2H3. The van der Waals surface area contributed by atoms with Crippen LogP contribution in [-0.4, -0.2) is 21.7 Å². The lowest BCUT2D eigenvalue weighted by atomic mass is 10.1. The molecule has 3 rings (SSSR count). The molecule has 0 unspecified atom stereocenters. The van der Waals surface area contributed by atoms with E-state index in [9.17, 15) is 0 Å². The molecule has 0 saturated carbocycles. The SMILES string of the molecule is Cc1sc2ncnc(Oc3ccccc3CCO)c2c1C. The second-order valence-corrected chi connectivity index (χ2v) is 6.03. The molecule has 0 saturated heterocycles. The third-order valence-electron chi connectivity index (χ3n) is 3.49. The summed E-state index contributed by atoms with van der Waals surface area (Å²) in [6, 6.07) is 7.71. The third kappa shape index (κ3) is 2.62. The molecule has 3 aromatic rings. The summed E-state index contributed by atoms with van der Waals surface area (Å²) < 4.78 is 6.01. The van der Waals surface area contributed by atoms with Crippen molar-refractivity contribution in [2.75, 3.05) is 6.61 Å². The van der Waals surface area contributed by atoms with Crippen molar-refractivity contribution in [1.82, 2.24) is 9.97 Å². The molecule has 1 aromatic carbocycles. The molecule has 0 aliphatic carbocycles. The molecule has 0 fully saturated rings. The zero-order chi connectivity index (χ0) is 14.8. The lowest BCUT2D eigenvalue weighted by molar-refractivity contribution is 0.297. The largest absolute Gasteiger partial charge is 0.438 e. The highest BCUT2D eigenvalue weighted by molar-refractivity contribution is 7.18. The van der Waals surface area contributed by atoms with Gasteiger partial charge in [-0.15, -0.1) is 11.3 Å². The van der Waals surface area contributed by atoms with E-state index >= 15 is 0 Å². The Bertz CT molecular complexity index is 783. The summed E-state index contributed by atoms with van der Waals surface area (Å²) in [6.45, 7) is 4.23. The quantitative estimate of drug-likeness (QED) is 0.799. The fourth-order valence-corrected chi connectivity index (χ4v) is 3.25. The molecule has 0 radical (unpaired) electrons. The minimum absolute atomic E-state index is 0.0934. The third-order valence-corrected chi connectivity index (χ3v) is 4.61. The predicted octanol–water partition coefficient (Wildman–Crippen LogP) is 3.64. The van der Waals surface area contributed by atoms with Crippen molar-refractivity contribution in [1.29, 1.82) is 0 Å². The van der Waals surface area contributed by atoms with E-state index in [1.807, 2.05) is 24.3 Å². The van der Waals surface area contributed by atoms with Crippen LogP contribution in [0, 0.1) is 13.8 Å². The van der Waals surface area contributed by atoms with Gasteiger partial charge in [0.05, 0.1) is 5.39 Å². The Morgan fingerprint density at radius 1 is 1.19 bits per heavy atom. The van der Waals surface area contributed by atoms with Crippen molar-refractivity contribution in [3.05, 3.63) is 46.6 Å². The molecule has 0 bridgehead atoms.